The molecule has 0 bridgehead atoms. The summed E-state index contributed by atoms with van der Waals surface area (Å²) in [6, 6.07) is 12.7. The first kappa shape index (κ1) is 18.7. The molecule has 1 heterocycles. The minimum atomic E-state index is -0.293. The molecule has 1 N–H and O–H groups in total. The Morgan fingerprint density at radius 3 is 2.92 bits per heavy atom. The summed E-state index contributed by atoms with van der Waals surface area (Å²) in [5.41, 5.74) is 1.69. The fraction of sp³-hybridized carbons (Fsp3) is 0.111. The van der Waals surface area contributed by atoms with Gasteiger partial charge in [-0.25, -0.2) is 4.98 Å². The second-order valence-electron chi connectivity index (χ2n) is 5.18. The minimum absolute atomic E-state index is 0.131. The van der Waals surface area contributed by atoms with Crippen molar-refractivity contribution in [3.8, 4) is 22.8 Å². The third kappa shape index (κ3) is 4.75. The van der Waals surface area contributed by atoms with E-state index in [1.807, 2.05) is 29.6 Å². The molecule has 1 amide bonds. The Morgan fingerprint density at radius 2 is 2.15 bits per heavy atom. The fourth-order valence-corrected chi connectivity index (χ4v) is 3.67. The molecule has 0 atom stereocenters. The van der Waals surface area contributed by atoms with E-state index in [-0.39, 0.29) is 12.5 Å². The minimum Gasteiger partial charge on any atom is -0.497 e. The Hall–Kier alpha value is -2.09. The predicted molar refractivity (Wildman–Crippen MR) is 107 cm³/mol. The van der Waals surface area contributed by atoms with E-state index in [9.17, 15) is 4.79 Å². The zero-order chi connectivity index (χ0) is 18.5. The molecule has 8 heteroatoms. The zero-order valence-corrected chi connectivity index (χ0v) is 16.8. The Kier molecular flexibility index (Phi) is 6.13. The number of benzene rings is 2. The van der Waals surface area contributed by atoms with E-state index in [1.54, 1.807) is 25.3 Å². The highest BCUT2D eigenvalue weighted by molar-refractivity contribution is 9.10. The summed E-state index contributed by atoms with van der Waals surface area (Å²) in [7, 11) is 1.62. The molecule has 0 saturated heterocycles. The van der Waals surface area contributed by atoms with Crippen molar-refractivity contribution >= 4 is 49.9 Å². The molecule has 0 aliphatic rings. The highest BCUT2D eigenvalue weighted by atomic mass is 79.9. The maximum atomic E-state index is 12.1. The number of aromatic nitrogens is 1. The number of hydrogen-bond acceptors (Lipinski definition) is 5. The molecule has 134 valence electrons. The number of halogens is 2. The topological polar surface area (TPSA) is 60.5 Å². The van der Waals surface area contributed by atoms with Crippen LogP contribution >= 0.6 is 38.9 Å². The number of rotatable bonds is 6. The van der Waals surface area contributed by atoms with Crippen LogP contribution in [0.4, 0.5) is 5.13 Å². The number of carbonyl (C=O) groups is 1. The number of thiazole rings is 1. The average molecular weight is 454 g/mol. The van der Waals surface area contributed by atoms with Crippen molar-refractivity contribution in [2.45, 2.75) is 0 Å². The molecule has 0 radical (unpaired) electrons. The number of ether oxygens (including phenoxy) is 2. The van der Waals surface area contributed by atoms with Crippen LogP contribution in [0.25, 0.3) is 11.3 Å². The van der Waals surface area contributed by atoms with E-state index in [2.05, 4.69) is 26.2 Å². The summed E-state index contributed by atoms with van der Waals surface area (Å²) < 4.78 is 11.4. The number of anilines is 1. The van der Waals surface area contributed by atoms with Gasteiger partial charge in [0.1, 0.15) is 11.5 Å². The van der Waals surface area contributed by atoms with Gasteiger partial charge in [0.05, 0.1) is 17.3 Å². The van der Waals surface area contributed by atoms with Crippen LogP contribution in [0, 0.1) is 0 Å². The molecule has 1 aromatic heterocycles. The Morgan fingerprint density at radius 1 is 1.31 bits per heavy atom. The summed E-state index contributed by atoms with van der Waals surface area (Å²) in [5, 5.41) is 5.70. The smallest absolute Gasteiger partial charge is 0.264 e. The van der Waals surface area contributed by atoms with Gasteiger partial charge in [0.25, 0.3) is 5.91 Å². The largest absolute Gasteiger partial charge is 0.497 e. The lowest BCUT2D eigenvalue weighted by molar-refractivity contribution is -0.118. The summed E-state index contributed by atoms with van der Waals surface area (Å²) in [5.74, 6) is 1.00. The summed E-state index contributed by atoms with van der Waals surface area (Å²) >= 11 is 10.6. The molecule has 0 saturated carbocycles. The van der Waals surface area contributed by atoms with Crippen molar-refractivity contribution in [3.63, 3.8) is 0 Å². The van der Waals surface area contributed by atoms with Crippen LogP contribution in [0.2, 0.25) is 5.02 Å². The van der Waals surface area contributed by atoms with Gasteiger partial charge < -0.3 is 9.47 Å². The molecule has 3 rings (SSSR count). The third-order valence-electron chi connectivity index (χ3n) is 3.37. The quantitative estimate of drug-likeness (QED) is 0.553. The molecule has 0 unspecified atom stereocenters. The first-order valence-electron chi connectivity index (χ1n) is 7.53. The van der Waals surface area contributed by atoms with Crippen molar-refractivity contribution < 1.29 is 14.3 Å². The summed E-state index contributed by atoms with van der Waals surface area (Å²) in [6.45, 7) is -0.131. The number of methoxy groups -OCH3 is 1. The van der Waals surface area contributed by atoms with Gasteiger partial charge in [-0.2, -0.15) is 0 Å². The molecule has 3 aromatic rings. The summed E-state index contributed by atoms with van der Waals surface area (Å²) in [4.78, 5) is 16.5. The highest BCUT2D eigenvalue weighted by Crippen LogP contribution is 2.29. The SMILES string of the molecule is COc1cccc(-c2csc(NC(=O)COc3ccc(Cl)cc3Br)n2)c1. The molecule has 0 spiro atoms. The van der Waals surface area contributed by atoms with E-state index in [1.165, 1.54) is 11.3 Å². The van der Waals surface area contributed by atoms with Gasteiger partial charge in [-0.05, 0) is 46.3 Å². The van der Waals surface area contributed by atoms with Gasteiger partial charge in [0.2, 0.25) is 0 Å². The molecule has 2 aromatic carbocycles. The first-order chi connectivity index (χ1) is 12.5. The lowest BCUT2D eigenvalue weighted by atomic mass is 10.2. The fourth-order valence-electron chi connectivity index (χ4n) is 2.14. The van der Waals surface area contributed by atoms with E-state index >= 15 is 0 Å². The maximum absolute atomic E-state index is 12.1. The molecule has 0 fully saturated rings. The van der Waals surface area contributed by atoms with Gasteiger partial charge in [0.15, 0.2) is 11.7 Å². The molecular formula is C18H14BrClN2O3S. The van der Waals surface area contributed by atoms with Crippen LogP contribution in [-0.2, 0) is 4.79 Å². The predicted octanol–water partition coefficient (Wildman–Crippen LogP) is 5.25. The van der Waals surface area contributed by atoms with Crippen LogP contribution < -0.4 is 14.8 Å². The normalized spacial score (nSPS) is 10.4. The van der Waals surface area contributed by atoms with Crippen LogP contribution in [0.3, 0.4) is 0 Å². The first-order valence-corrected chi connectivity index (χ1v) is 9.58. The second kappa shape index (κ2) is 8.53. The number of amides is 1. The monoisotopic (exact) mass is 452 g/mol. The lowest BCUT2D eigenvalue weighted by Gasteiger charge is -2.07. The van der Waals surface area contributed by atoms with Crippen molar-refractivity contribution in [2.75, 3.05) is 19.0 Å². The van der Waals surface area contributed by atoms with Crippen molar-refractivity contribution in [1.29, 1.82) is 0 Å². The van der Waals surface area contributed by atoms with Crippen molar-refractivity contribution in [2.24, 2.45) is 0 Å². The Labute approximate surface area is 168 Å². The lowest BCUT2D eigenvalue weighted by Crippen LogP contribution is -2.20. The Bertz CT molecular complexity index is 932. The highest BCUT2D eigenvalue weighted by Gasteiger charge is 2.10. The van der Waals surface area contributed by atoms with Gasteiger partial charge in [0, 0.05) is 16.0 Å². The van der Waals surface area contributed by atoms with E-state index in [4.69, 9.17) is 21.1 Å². The van der Waals surface area contributed by atoms with E-state index < -0.39 is 0 Å². The number of nitrogens with zero attached hydrogens (tertiary/aromatic N) is 1. The van der Waals surface area contributed by atoms with E-state index in [0.717, 1.165) is 17.0 Å². The number of hydrogen-bond donors (Lipinski definition) is 1. The number of carbonyl (C=O) groups excluding carboxylic acids is 1. The Balaban J connectivity index is 1.60. The number of nitrogens with one attached hydrogen (secondary N) is 1. The van der Waals surface area contributed by atoms with Gasteiger partial charge >= 0.3 is 0 Å². The third-order valence-corrected chi connectivity index (χ3v) is 4.98. The van der Waals surface area contributed by atoms with Crippen LogP contribution in [0.1, 0.15) is 0 Å². The molecule has 0 aliphatic heterocycles. The molecular weight excluding hydrogens is 440 g/mol. The standard InChI is InChI=1S/C18H14BrClN2O3S/c1-24-13-4-2-3-11(7-13)15-10-26-18(21-15)22-17(23)9-25-16-6-5-12(20)8-14(16)19/h2-8,10H,9H2,1H3,(H,21,22,23). The van der Waals surface area contributed by atoms with Gasteiger partial charge in [-0.3, -0.25) is 10.1 Å². The van der Waals surface area contributed by atoms with Crippen LogP contribution in [0.15, 0.2) is 52.3 Å². The van der Waals surface area contributed by atoms with Crippen LogP contribution in [-0.4, -0.2) is 24.6 Å². The van der Waals surface area contributed by atoms with Gasteiger partial charge in [-0.1, -0.05) is 23.7 Å². The van der Waals surface area contributed by atoms with E-state index in [0.29, 0.717) is 20.4 Å². The molecule has 5 nitrogen and oxygen atoms in total. The average Bonchev–Trinajstić information content (AvgIpc) is 3.09. The molecule has 26 heavy (non-hydrogen) atoms. The second-order valence-corrected chi connectivity index (χ2v) is 7.33. The maximum Gasteiger partial charge on any atom is 0.264 e. The van der Waals surface area contributed by atoms with Crippen molar-refractivity contribution in [1.82, 2.24) is 4.98 Å². The zero-order valence-electron chi connectivity index (χ0n) is 13.7. The van der Waals surface area contributed by atoms with Crippen molar-refractivity contribution in [3.05, 3.63) is 57.3 Å². The van der Waals surface area contributed by atoms with Crippen LogP contribution in [0.5, 0.6) is 11.5 Å². The molecule has 0 aliphatic carbocycles. The van der Waals surface area contributed by atoms with Gasteiger partial charge in [-0.15, -0.1) is 11.3 Å². The summed E-state index contributed by atoms with van der Waals surface area (Å²) in [6.07, 6.45) is 0.